The topological polar surface area (TPSA) is 57.8 Å². The first-order valence-corrected chi connectivity index (χ1v) is 13.1. The molecule has 0 radical (unpaired) electrons. The minimum atomic E-state index is -0.550. The Hall–Kier alpha value is -3.28. The van der Waals surface area contributed by atoms with Gasteiger partial charge < -0.3 is 19.3 Å². The lowest BCUT2D eigenvalue weighted by Gasteiger charge is -2.37. The van der Waals surface area contributed by atoms with E-state index < -0.39 is 11.5 Å². The predicted octanol–water partition coefficient (Wildman–Crippen LogP) is 6.34. The molecule has 0 saturated carbocycles. The zero-order chi connectivity index (χ0) is 25.0. The number of benzene rings is 4. The zero-order valence-corrected chi connectivity index (χ0v) is 20.8. The summed E-state index contributed by atoms with van der Waals surface area (Å²) in [6, 6.07) is 35.1. The van der Waals surface area contributed by atoms with Gasteiger partial charge in [0.05, 0.1) is 31.3 Å². The van der Waals surface area contributed by atoms with Gasteiger partial charge in [0.25, 0.3) is 0 Å². The minimum absolute atomic E-state index is 0.212. The molecule has 4 atom stereocenters. The molecule has 4 nitrogen and oxygen atoms in total. The van der Waals surface area contributed by atoms with Crippen molar-refractivity contribution in [2.75, 3.05) is 19.8 Å². The van der Waals surface area contributed by atoms with Gasteiger partial charge in [-0.05, 0) is 51.4 Å². The molecule has 0 amide bonds. The van der Waals surface area contributed by atoms with Crippen LogP contribution in [0.2, 0.25) is 0 Å². The average Bonchev–Trinajstić information content (AvgIpc) is 3.80. The summed E-state index contributed by atoms with van der Waals surface area (Å²) in [5.41, 5.74) is 8.71. The van der Waals surface area contributed by atoms with Crippen LogP contribution < -0.4 is 0 Å². The quantitative estimate of drug-likeness (QED) is 0.231. The Balaban J connectivity index is 1.45. The van der Waals surface area contributed by atoms with E-state index in [4.69, 9.17) is 14.2 Å². The van der Waals surface area contributed by atoms with Crippen LogP contribution >= 0.6 is 0 Å². The fourth-order valence-corrected chi connectivity index (χ4v) is 5.58. The van der Waals surface area contributed by atoms with Crippen LogP contribution in [0.1, 0.15) is 75.8 Å². The summed E-state index contributed by atoms with van der Waals surface area (Å²) >= 11 is 0. The maximum atomic E-state index is 10.2. The van der Waals surface area contributed by atoms with Crippen molar-refractivity contribution in [3.63, 3.8) is 0 Å². The van der Waals surface area contributed by atoms with Crippen LogP contribution in [0.4, 0.5) is 0 Å². The molecule has 0 spiro atoms. The molecule has 4 heteroatoms. The lowest BCUT2D eigenvalue weighted by Crippen LogP contribution is -2.31. The summed E-state index contributed by atoms with van der Waals surface area (Å²) in [5, 5.41) is 10.2. The van der Waals surface area contributed by atoms with Gasteiger partial charge in [-0.3, -0.25) is 0 Å². The van der Waals surface area contributed by atoms with Gasteiger partial charge in [0.1, 0.15) is 18.3 Å². The molecule has 37 heavy (non-hydrogen) atoms. The Morgan fingerprint density at radius 2 is 0.811 bits per heavy atom. The van der Waals surface area contributed by atoms with Crippen molar-refractivity contribution in [3.8, 4) is 0 Å². The number of hydrogen-bond acceptors (Lipinski definition) is 4. The molecule has 3 fully saturated rings. The first-order valence-electron chi connectivity index (χ1n) is 13.1. The minimum Gasteiger partial charge on any atom is -0.389 e. The van der Waals surface area contributed by atoms with Gasteiger partial charge in [-0.1, -0.05) is 97.1 Å². The molecule has 0 aliphatic carbocycles. The number of rotatable bonds is 8. The lowest BCUT2D eigenvalue weighted by molar-refractivity contribution is 0.199. The largest absolute Gasteiger partial charge is 0.389 e. The van der Waals surface area contributed by atoms with Crippen LogP contribution in [0.3, 0.4) is 0 Å². The standard InChI is InChI=1S/C33H30O4/c1-21(34)22-2-10-26(11-3-22)33(27-12-4-23(5-13-27)30-18-35-30,28-14-6-24(7-15-28)31-19-36-31)29-16-8-25(9-17-29)32-20-37-32/h2-17,21,30-32,34H,18-20H2,1H3. The van der Waals surface area contributed by atoms with Crippen molar-refractivity contribution in [2.24, 2.45) is 0 Å². The lowest BCUT2D eigenvalue weighted by atomic mass is 9.64. The van der Waals surface area contributed by atoms with Crippen molar-refractivity contribution < 1.29 is 19.3 Å². The highest BCUT2D eigenvalue weighted by Gasteiger charge is 2.40. The van der Waals surface area contributed by atoms with E-state index in [0.717, 1.165) is 30.9 Å². The molecular formula is C33H30O4. The highest BCUT2D eigenvalue weighted by molar-refractivity contribution is 5.61. The Kier molecular flexibility index (Phi) is 5.52. The fraction of sp³-hybridized carbons (Fsp3) is 0.273. The summed E-state index contributed by atoms with van der Waals surface area (Å²) in [4.78, 5) is 0. The van der Waals surface area contributed by atoms with Crippen LogP contribution in [0.15, 0.2) is 97.1 Å². The Morgan fingerprint density at radius 3 is 1.05 bits per heavy atom. The van der Waals surface area contributed by atoms with Gasteiger partial charge in [-0.15, -0.1) is 0 Å². The first-order chi connectivity index (χ1) is 18.1. The van der Waals surface area contributed by atoms with E-state index in [1.165, 1.54) is 33.4 Å². The van der Waals surface area contributed by atoms with E-state index in [1.807, 2.05) is 12.1 Å². The maximum absolute atomic E-state index is 10.2. The molecule has 0 aromatic heterocycles. The molecule has 3 heterocycles. The number of epoxide rings is 3. The molecule has 3 aliphatic heterocycles. The van der Waals surface area contributed by atoms with Gasteiger partial charge in [-0.25, -0.2) is 0 Å². The molecule has 3 saturated heterocycles. The van der Waals surface area contributed by atoms with Gasteiger partial charge >= 0.3 is 0 Å². The monoisotopic (exact) mass is 490 g/mol. The van der Waals surface area contributed by atoms with Crippen LogP contribution in [0.5, 0.6) is 0 Å². The molecule has 3 aliphatic rings. The Morgan fingerprint density at radius 1 is 0.541 bits per heavy atom. The van der Waals surface area contributed by atoms with Crippen molar-refractivity contribution in [3.05, 3.63) is 142 Å². The Bertz CT molecular complexity index is 1170. The van der Waals surface area contributed by atoms with Crippen molar-refractivity contribution in [1.82, 2.24) is 0 Å². The molecule has 7 rings (SSSR count). The third-order valence-corrected chi connectivity index (χ3v) is 7.97. The van der Waals surface area contributed by atoms with Crippen molar-refractivity contribution >= 4 is 0 Å². The number of aliphatic hydroxyl groups excluding tert-OH is 1. The molecule has 1 N–H and O–H groups in total. The second-order valence-electron chi connectivity index (χ2n) is 10.4. The molecular weight excluding hydrogens is 460 g/mol. The van der Waals surface area contributed by atoms with Crippen LogP contribution in [0, 0.1) is 0 Å². The third kappa shape index (κ3) is 4.20. The third-order valence-electron chi connectivity index (χ3n) is 7.97. The van der Waals surface area contributed by atoms with Crippen molar-refractivity contribution in [2.45, 2.75) is 36.8 Å². The van der Waals surface area contributed by atoms with E-state index in [9.17, 15) is 5.11 Å². The van der Waals surface area contributed by atoms with E-state index >= 15 is 0 Å². The van der Waals surface area contributed by atoms with Crippen molar-refractivity contribution in [1.29, 1.82) is 0 Å². The highest BCUT2D eigenvalue weighted by Crippen LogP contribution is 2.47. The van der Waals surface area contributed by atoms with E-state index in [2.05, 4.69) is 84.9 Å². The number of aliphatic hydroxyl groups is 1. The molecule has 186 valence electrons. The van der Waals surface area contributed by atoms with Crippen LogP contribution in [0.25, 0.3) is 0 Å². The molecule has 0 bridgehead atoms. The van der Waals surface area contributed by atoms with Gasteiger partial charge in [0.15, 0.2) is 0 Å². The summed E-state index contributed by atoms with van der Waals surface area (Å²) in [5.74, 6) is 0. The van der Waals surface area contributed by atoms with E-state index in [0.29, 0.717) is 0 Å². The van der Waals surface area contributed by atoms with E-state index in [-0.39, 0.29) is 18.3 Å². The second kappa shape index (κ2) is 8.93. The first kappa shape index (κ1) is 22.9. The molecule has 4 aromatic carbocycles. The van der Waals surface area contributed by atoms with E-state index in [1.54, 1.807) is 6.92 Å². The van der Waals surface area contributed by atoms with Gasteiger partial charge in [0.2, 0.25) is 0 Å². The SMILES string of the molecule is CC(O)c1ccc(C(c2ccc(C3CO3)cc2)(c2ccc(C3CO3)cc2)c2ccc(C3CO3)cc2)cc1. The van der Waals surface area contributed by atoms with Gasteiger partial charge in [-0.2, -0.15) is 0 Å². The number of ether oxygens (including phenoxy) is 3. The Labute approximate surface area is 217 Å². The maximum Gasteiger partial charge on any atom is 0.106 e. The normalized spacial score (nSPS) is 24.2. The fourth-order valence-electron chi connectivity index (χ4n) is 5.58. The predicted molar refractivity (Wildman–Crippen MR) is 141 cm³/mol. The van der Waals surface area contributed by atoms with Gasteiger partial charge in [0, 0.05) is 0 Å². The number of hydrogen-bond donors (Lipinski definition) is 1. The zero-order valence-electron chi connectivity index (χ0n) is 20.8. The summed E-state index contributed by atoms with van der Waals surface area (Å²) < 4.78 is 16.6. The summed E-state index contributed by atoms with van der Waals surface area (Å²) in [6.45, 7) is 4.18. The van der Waals surface area contributed by atoms with Crippen LogP contribution in [-0.4, -0.2) is 24.9 Å². The molecule has 4 unspecified atom stereocenters. The second-order valence-corrected chi connectivity index (χ2v) is 10.4. The highest BCUT2D eigenvalue weighted by atomic mass is 16.6. The van der Waals surface area contributed by atoms with Crippen LogP contribution in [-0.2, 0) is 19.6 Å². The summed E-state index contributed by atoms with van der Waals surface area (Å²) in [6.07, 6.45) is 0.121. The smallest absolute Gasteiger partial charge is 0.106 e. The average molecular weight is 491 g/mol. The summed E-state index contributed by atoms with van der Waals surface area (Å²) in [7, 11) is 0. The molecule has 4 aromatic rings.